The molecule has 1 aromatic heterocycles. The molecule has 1 amide bonds. The molecule has 1 heterocycles. The average Bonchev–Trinajstić information content (AvgIpc) is 3.05. The van der Waals surface area contributed by atoms with Crippen LogP contribution in [0.25, 0.3) is 0 Å². The number of aromatic nitrogens is 2. The number of nitrogens with one attached hydrogen (secondary N) is 1. The number of benzene rings is 1. The van der Waals surface area contributed by atoms with Crippen molar-refractivity contribution in [2.24, 2.45) is 0 Å². The second kappa shape index (κ2) is 9.30. The maximum Gasteiger partial charge on any atom is 0.271 e. The summed E-state index contributed by atoms with van der Waals surface area (Å²) >= 11 is 2.66. The molecule has 13 heteroatoms. The van der Waals surface area contributed by atoms with Gasteiger partial charge < -0.3 is 0 Å². The molecule has 0 bridgehead atoms. The van der Waals surface area contributed by atoms with E-state index in [9.17, 15) is 23.3 Å². The first-order valence-corrected chi connectivity index (χ1v) is 11.8. The summed E-state index contributed by atoms with van der Waals surface area (Å²) in [5.74, 6) is 0.207. The molecular formula is C15H19N5O5S3. The van der Waals surface area contributed by atoms with Crippen molar-refractivity contribution in [2.75, 3.05) is 21.6 Å². The normalized spacial score (nSPS) is 12.4. The highest BCUT2D eigenvalue weighted by atomic mass is 32.2. The van der Waals surface area contributed by atoms with Crippen LogP contribution in [0.15, 0.2) is 28.6 Å². The highest BCUT2D eigenvalue weighted by Crippen LogP contribution is 2.28. The van der Waals surface area contributed by atoms with Gasteiger partial charge in [0.25, 0.3) is 5.69 Å². The highest BCUT2D eigenvalue weighted by molar-refractivity contribution is 8.01. The molecule has 0 saturated heterocycles. The number of rotatable bonds is 9. The lowest BCUT2D eigenvalue weighted by molar-refractivity contribution is -0.384. The first-order chi connectivity index (χ1) is 13.2. The van der Waals surface area contributed by atoms with Crippen molar-refractivity contribution in [3.63, 3.8) is 0 Å². The molecule has 10 nitrogen and oxygen atoms in total. The van der Waals surface area contributed by atoms with Crippen molar-refractivity contribution in [3.8, 4) is 0 Å². The zero-order valence-corrected chi connectivity index (χ0v) is 17.8. The summed E-state index contributed by atoms with van der Waals surface area (Å²) < 4.78 is 26.4. The number of sulfonamides is 1. The molecule has 0 spiro atoms. The van der Waals surface area contributed by atoms with Crippen LogP contribution in [0, 0.1) is 10.1 Å². The number of carbonyl (C=O) groups is 1. The minimum Gasteiger partial charge on any atom is -0.299 e. The molecule has 0 aliphatic rings. The molecule has 0 unspecified atom stereocenters. The molecule has 1 atom stereocenters. The van der Waals surface area contributed by atoms with Gasteiger partial charge in [-0.05, 0) is 18.2 Å². The van der Waals surface area contributed by atoms with E-state index >= 15 is 0 Å². The van der Waals surface area contributed by atoms with Gasteiger partial charge in [-0.25, -0.2) is 8.42 Å². The van der Waals surface area contributed by atoms with Gasteiger partial charge >= 0.3 is 0 Å². The predicted octanol–water partition coefficient (Wildman–Crippen LogP) is 2.74. The fourth-order valence-corrected chi connectivity index (χ4v) is 5.29. The van der Waals surface area contributed by atoms with Crippen molar-refractivity contribution in [1.29, 1.82) is 0 Å². The van der Waals surface area contributed by atoms with Crippen molar-refractivity contribution in [1.82, 2.24) is 10.2 Å². The van der Waals surface area contributed by atoms with Gasteiger partial charge in [0.15, 0.2) is 4.34 Å². The monoisotopic (exact) mass is 445 g/mol. The predicted molar refractivity (Wildman–Crippen MR) is 109 cm³/mol. The Morgan fingerprint density at radius 1 is 1.39 bits per heavy atom. The molecule has 28 heavy (non-hydrogen) atoms. The van der Waals surface area contributed by atoms with Gasteiger partial charge in [0.05, 0.1) is 16.9 Å². The van der Waals surface area contributed by atoms with Crippen LogP contribution in [-0.2, 0) is 14.8 Å². The summed E-state index contributed by atoms with van der Waals surface area (Å²) in [6.07, 6.45) is 1.10. The molecule has 0 fully saturated rings. The Labute approximate surface area is 170 Å². The molecule has 2 rings (SSSR count). The van der Waals surface area contributed by atoms with Crippen molar-refractivity contribution in [3.05, 3.63) is 34.4 Å². The van der Waals surface area contributed by atoms with Crippen molar-refractivity contribution in [2.45, 2.75) is 30.6 Å². The molecule has 2 aromatic rings. The molecule has 1 N–H and O–H groups in total. The number of nitro groups is 1. The largest absolute Gasteiger partial charge is 0.299 e. The summed E-state index contributed by atoms with van der Waals surface area (Å²) in [5, 5.41) is 21.7. The third-order valence-corrected chi connectivity index (χ3v) is 6.56. The van der Waals surface area contributed by atoms with E-state index in [1.807, 2.05) is 6.92 Å². The number of nitro benzene ring substituents is 1. The Morgan fingerprint density at radius 2 is 2.11 bits per heavy atom. The van der Waals surface area contributed by atoms with Crippen LogP contribution in [0.2, 0.25) is 0 Å². The lowest BCUT2D eigenvalue weighted by atomic mass is 10.2. The Bertz CT molecular complexity index is 962. The van der Waals surface area contributed by atoms with Crippen LogP contribution in [0.3, 0.4) is 0 Å². The molecule has 0 aliphatic heterocycles. The van der Waals surface area contributed by atoms with Crippen LogP contribution in [-0.4, -0.2) is 47.5 Å². The number of amides is 1. The van der Waals surface area contributed by atoms with E-state index in [2.05, 4.69) is 15.5 Å². The SMILES string of the molecule is CCSc1nnc(NC(=O)[C@@H](CC)N(c2cccc([N+](=O)[O-])c2)S(C)(=O)=O)s1. The van der Waals surface area contributed by atoms with E-state index in [0.29, 0.717) is 4.34 Å². The van der Waals surface area contributed by atoms with Gasteiger partial charge in [-0.3, -0.25) is 24.5 Å². The van der Waals surface area contributed by atoms with Crippen LogP contribution in [0.5, 0.6) is 0 Å². The van der Waals surface area contributed by atoms with Gasteiger partial charge in [0, 0.05) is 12.1 Å². The van der Waals surface area contributed by atoms with Gasteiger partial charge in [0.1, 0.15) is 6.04 Å². The Kier molecular flexibility index (Phi) is 7.32. The maximum absolute atomic E-state index is 12.8. The van der Waals surface area contributed by atoms with E-state index in [0.717, 1.165) is 22.4 Å². The van der Waals surface area contributed by atoms with Crippen LogP contribution >= 0.6 is 23.1 Å². The van der Waals surface area contributed by atoms with E-state index in [-0.39, 0.29) is 22.9 Å². The molecule has 0 aliphatic carbocycles. The van der Waals surface area contributed by atoms with Gasteiger partial charge in [0.2, 0.25) is 21.1 Å². The summed E-state index contributed by atoms with van der Waals surface area (Å²) in [5.41, 5.74) is -0.232. The number of hydrogen-bond acceptors (Lipinski definition) is 9. The smallest absolute Gasteiger partial charge is 0.271 e. The Morgan fingerprint density at radius 3 is 2.68 bits per heavy atom. The summed E-state index contributed by atoms with van der Waals surface area (Å²) in [7, 11) is -3.90. The van der Waals surface area contributed by atoms with Gasteiger partial charge in [-0.2, -0.15) is 0 Å². The minimum absolute atomic E-state index is 0.0400. The Balaban J connectivity index is 2.35. The minimum atomic E-state index is -3.90. The topological polar surface area (TPSA) is 135 Å². The van der Waals surface area contributed by atoms with E-state index < -0.39 is 26.9 Å². The van der Waals surface area contributed by atoms with Crippen molar-refractivity contribution < 1.29 is 18.1 Å². The van der Waals surface area contributed by atoms with Crippen LogP contribution in [0.1, 0.15) is 20.3 Å². The van der Waals surface area contributed by atoms with Crippen LogP contribution in [0.4, 0.5) is 16.5 Å². The fraction of sp³-hybridized carbons (Fsp3) is 0.400. The number of hydrogen-bond donors (Lipinski definition) is 1. The summed E-state index contributed by atoms with van der Waals surface area (Å²) in [6, 6.07) is 4.04. The quantitative estimate of drug-likeness (QED) is 0.269. The number of anilines is 2. The number of nitrogens with zero attached hydrogens (tertiary/aromatic N) is 4. The third-order valence-electron chi connectivity index (χ3n) is 3.53. The standard InChI is InChI=1S/C15H19N5O5S3/c1-4-12(13(21)16-14-17-18-15(27-14)26-5-2)19(28(3,24)25)10-7-6-8-11(9-10)20(22)23/h6-9,12H,4-5H2,1-3H3,(H,16,17,21)/t12-/m1/s1. The summed E-state index contributed by atoms with van der Waals surface area (Å²) in [6.45, 7) is 3.61. The summed E-state index contributed by atoms with van der Waals surface area (Å²) in [4.78, 5) is 23.2. The van der Waals surface area contributed by atoms with Gasteiger partial charge in [-0.15, -0.1) is 10.2 Å². The average molecular weight is 446 g/mol. The molecule has 0 saturated carbocycles. The number of carbonyl (C=O) groups excluding carboxylic acids is 1. The van der Waals surface area contributed by atoms with Crippen LogP contribution < -0.4 is 9.62 Å². The second-order valence-electron chi connectivity index (χ2n) is 5.56. The zero-order chi connectivity index (χ0) is 20.9. The van der Waals surface area contributed by atoms with E-state index in [1.54, 1.807) is 6.92 Å². The maximum atomic E-state index is 12.8. The molecule has 1 aromatic carbocycles. The van der Waals surface area contributed by atoms with E-state index in [1.165, 1.54) is 41.3 Å². The molecule has 152 valence electrons. The van der Waals surface area contributed by atoms with E-state index in [4.69, 9.17) is 0 Å². The first kappa shape index (κ1) is 22.0. The lowest BCUT2D eigenvalue weighted by Gasteiger charge is -2.29. The fourth-order valence-electron chi connectivity index (χ4n) is 2.43. The van der Waals surface area contributed by atoms with Gasteiger partial charge in [-0.1, -0.05) is 43.0 Å². The Hall–Kier alpha value is -2.25. The second-order valence-corrected chi connectivity index (χ2v) is 9.90. The molecule has 0 radical (unpaired) electrons. The lowest BCUT2D eigenvalue weighted by Crippen LogP contribution is -2.47. The first-order valence-electron chi connectivity index (χ1n) is 8.18. The third kappa shape index (κ3) is 5.39. The highest BCUT2D eigenvalue weighted by Gasteiger charge is 2.32. The molecular weight excluding hydrogens is 426 g/mol. The number of thioether (sulfide) groups is 1. The zero-order valence-electron chi connectivity index (χ0n) is 15.4. The van der Waals surface area contributed by atoms with Crippen molar-refractivity contribution >= 4 is 55.5 Å². The number of non-ortho nitro benzene ring substituents is 1.